The summed E-state index contributed by atoms with van der Waals surface area (Å²) in [4.78, 5) is 16.7. The van der Waals surface area contributed by atoms with Crippen LogP contribution in [0.1, 0.15) is 16.1 Å². The minimum Gasteiger partial charge on any atom is -0.345 e. The third-order valence-corrected chi connectivity index (χ3v) is 3.55. The second kappa shape index (κ2) is 3.82. The highest BCUT2D eigenvalue weighted by Gasteiger charge is 2.24. The Morgan fingerprint density at radius 2 is 2.50 bits per heavy atom. The number of thiazole rings is 1. The van der Waals surface area contributed by atoms with Gasteiger partial charge in [0.2, 0.25) is 0 Å². The molecule has 1 atom stereocenters. The molecule has 0 saturated carbocycles. The van der Waals surface area contributed by atoms with Crippen LogP contribution in [0, 0.1) is 0 Å². The average Bonchev–Trinajstić information content (AvgIpc) is 2.71. The highest BCUT2D eigenvalue weighted by molar-refractivity contribution is 7.17. The molecule has 14 heavy (non-hydrogen) atoms. The van der Waals surface area contributed by atoms with Crippen molar-refractivity contribution in [2.75, 3.05) is 18.0 Å². The highest BCUT2D eigenvalue weighted by atomic mass is 35.5. The maximum Gasteiger partial charge on any atom is 0.187 e. The first-order valence-electron chi connectivity index (χ1n) is 4.21. The Hall–Kier alpha value is -0.680. The molecule has 0 aliphatic carbocycles. The first-order valence-corrected chi connectivity index (χ1v) is 5.40. The molecule has 2 rings (SSSR count). The minimum absolute atomic E-state index is 0.210. The van der Waals surface area contributed by atoms with Gasteiger partial charge >= 0.3 is 0 Å². The Labute approximate surface area is 89.5 Å². The summed E-state index contributed by atoms with van der Waals surface area (Å²) in [6, 6.07) is 0. The van der Waals surface area contributed by atoms with E-state index >= 15 is 0 Å². The summed E-state index contributed by atoms with van der Waals surface area (Å²) in [5.74, 6) is 0. The Balaban J connectivity index is 2.20. The van der Waals surface area contributed by atoms with Crippen LogP contribution in [0.4, 0.5) is 9.52 Å². The molecule has 0 amide bonds. The molecule has 1 aliphatic rings. The molecule has 0 N–H and O–H groups in total. The summed E-state index contributed by atoms with van der Waals surface area (Å²) < 4.78 is 12.9. The zero-order valence-corrected chi connectivity index (χ0v) is 8.82. The van der Waals surface area contributed by atoms with E-state index in [1.54, 1.807) is 0 Å². The van der Waals surface area contributed by atoms with Crippen LogP contribution in [0.15, 0.2) is 0 Å². The van der Waals surface area contributed by atoms with Crippen molar-refractivity contribution < 1.29 is 9.18 Å². The maximum atomic E-state index is 12.9. The molecule has 0 radical (unpaired) electrons. The van der Waals surface area contributed by atoms with Crippen LogP contribution < -0.4 is 4.90 Å². The lowest BCUT2D eigenvalue weighted by molar-refractivity contribution is 0.112. The SMILES string of the molecule is O=Cc1sc(N2CCC(F)C2)nc1Cl. The molecule has 1 aromatic rings. The van der Waals surface area contributed by atoms with Gasteiger partial charge in [-0.2, -0.15) is 0 Å². The van der Waals surface area contributed by atoms with E-state index in [1.807, 2.05) is 4.90 Å². The van der Waals surface area contributed by atoms with Crippen molar-refractivity contribution in [3.05, 3.63) is 10.0 Å². The first-order chi connectivity index (χ1) is 6.70. The molecule has 76 valence electrons. The predicted molar refractivity (Wildman–Crippen MR) is 54.2 cm³/mol. The van der Waals surface area contributed by atoms with E-state index in [4.69, 9.17) is 11.6 Å². The number of hydrogen-bond donors (Lipinski definition) is 0. The van der Waals surface area contributed by atoms with Crippen LogP contribution in [-0.2, 0) is 0 Å². The third kappa shape index (κ3) is 1.74. The van der Waals surface area contributed by atoms with Crippen molar-refractivity contribution in [2.24, 2.45) is 0 Å². The van der Waals surface area contributed by atoms with Gasteiger partial charge in [-0.25, -0.2) is 9.37 Å². The van der Waals surface area contributed by atoms with Crippen molar-refractivity contribution in [2.45, 2.75) is 12.6 Å². The van der Waals surface area contributed by atoms with Gasteiger partial charge in [-0.3, -0.25) is 4.79 Å². The van der Waals surface area contributed by atoms with Crippen molar-refractivity contribution in [3.8, 4) is 0 Å². The molecular formula is C8H8ClFN2OS. The summed E-state index contributed by atoms with van der Waals surface area (Å²) in [7, 11) is 0. The number of anilines is 1. The largest absolute Gasteiger partial charge is 0.345 e. The monoisotopic (exact) mass is 234 g/mol. The molecule has 2 heterocycles. The molecule has 6 heteroatoms. The third-order valence-electron chi connectivity index (χ3n) is 2.11. The smallest absolute Gasteiger partial charge is 0.187 e. The fraction of sp³-hybridized carbons (Fsp3) is 0.500. The average molecular weight is 235 g/mol. The van der Waals surface area contributed by atoms with Crippen molar-refractivity contribution in [1.82, 2.24) is 4.98 Å². The summed E-state index contributed by atoms with van der Waals surface area (Å²) >= 11 is 6.91. The van der Waals surface area contributed by atoms with Crippen LogP contribution in [0.3, 0.4) is 0 Å². The van der Waals surface area contributed by atoms with Crippen molar-refractivity contribution in [1.29, 1.82) is 0 Å². The van der Waals surface area contributed by atoms with Crippen molar-refractivity contribution in [3.63, 3.8) is 0 Å². The number of halogens is 2. The lowest BCUT2D eigenvalue weighted by Gasteiger charge is -2.11. The molecule has 0 spiro atoms. The van der Waals surface area contributed by atoms with E-state index in [0.29, 0.717) is 35.8 Å². The van der Waals surface area contributed by atoms with E-state index in [0.717, 1.165) is 0 Å². The Bertz CT molecular complexity index is 357. The molecule has 1 saturated heterocycles. The van der Waals surface area contributed by atoms with Gasteiger partial charge in [0, 0.05) is 6.54 Å². The maximum absolute atomic E-state index is 12.9. The Kier molecular flexibility index (Phi) is 2.69. The fourth-order valence-corrected chi connectivity index (χ4v) is 2.50. The van der Waals surface area contributed by atoms with E-state index in [-0.39, 0.29) is 5.15 Å². The molecule has 3 nitrogen and oxygen atoms in total. The number of nitrogens with zero attached hydrogens (tertiary/aromatic N) is 2. The van der Waals surface area contributed by atoms with Crippen molar-refractivity contribution >= 4 is 34.4 Å². The molecule has 1 fully saturated rings. The van der Waals surface area contributed by atoms with Crippen LogP contribution in [0.2, 0.25) is 5.15 Å². The Morgan fingerprint density at radius 3 is 3.00 bits per heavy atom. The van der Waals surface area contributed by atoms with Crippen LogP contribution in [0.25, 0.3) is 0 Å². The number of hydrogen-bond acceptors (Lipinski definition) is 4. The van der Waals surface area contributed by atoms with Gasteiger partial charge < -0.3 is 4.90 Å². The van der Waals surface area contributed by atoms with Gasteiger partial charge in [-0.15, -0.1) is 0 Å². The Morgan fingerprint density at radius 1 is 1.71 bits per heavy atom. The van der Waals surface area contributed by atoms with E-state index < -0.39 is 6.17 Å². The molecule has 1 unspecified atom stereocenters. The highest BCUT2D eigenvalue weighted by Crippen LogP contribution is 2.30. The summed E-state index contributed by atoms with van der Waals surface area (Å²) in [5, 5.41) is 0.847. The molecular weight excluding hydrogens is 227 g/mol. The lowest BCUT2D eigenvalue weighted by atomic mass is 10.3. The topological polar surface area (TPSA) is 33.2 Å². The quantitative estimate of drug-likeness (QED) is 0.736. The van der Waals surface area contributed by atoms with Gasteiger partial charge in [0.25, 0.3) is 0 Å². The van der Waals surface area contributed by atoms with Gasteiger partial charge in [0.15, 0.2) is 16.6 Å². The zero-order chi connectivity index (χ0) is 10.1. The van der Waals surface area contributed by atoms with E-state index in [2.05, 4.69) is 4.98 Å². The number of carbonyl (C=O) groups is 1. The summed E-state index contributed by atoms with van der Waals surface area (Å²) in [6.07, 6.45) is 0.400. The zero-order valence-electron chi connectivity index (χ0n) is 7.24. The van der Waals surface area contributed by atoms with Gasteiger partial charge in [0.1, 0.15) is 11.0 Å². The predicted octanol–water partition coefficient (Wildman–Crippen LogP) is 2.16. The molecule has 0 bridgehead atoms. The normalized spacial score (nSPS) is 21.6. The lowest BCUT2D eigenvalue weighted by Crippen LogP contribution is -2.19. The summed E-state index contributed by atoms with van der Waals surface area (Å²) in [5.41, 5.74) is 0. The molecule has 1 aliphatic heterocycles. The van der Waals surface area contributed by atoms with E-state index in [1.165, 1.54) is 11.3 Å². The second-order valence-electron chi connectivity index (χ2n) is 3.10. The number of aromatic nitrogens is 1. The molecule has 1 aromatic heterocycles. The van der Waals surface area contributed by atoms with Crippen LogP contribution in [-0.4, -0.2) is 30.5 Å². The minimum atomic E-state index is -0.794. The second-order valence-corrected chi connectivity index (χ2v) is 4.47. The molecule has 0 aromatic carbocycles. The number of rotatable bonds is 2. The van der Waals surface area contributed by atoms with Gasteiger partial charge in [-0.1, -0.05) is 22.9 Å². The van der Waals surface area contributed by atoms with E-state index in [9.17, 15) is 9.18 Å². The standard InChI is InChI=1S/C8H8ClFN2OS/c9-7-6(4-13)14-8(11-7)12-2-1-5(10)3-12/h4-5H,1-3H2. The van der Waals surface area contributed by atoms with Gasteiger partial charge in [-0.05, 0) is 6.42 Å². The first kappa shape index (κ1) is 9.86. The number of alkyl halides is 1. The van der Waals surface area contributed by atoms with Crippen LogP contribution in [0.5, 0.6) is 0 Å². The fourth-order valence-electron chi connectivity index (χ4n) is 1.40. The number of aldehydes is 1. The summed E-state index contributed by atoms with van der Waals surface area (Å²) in [6.45, 7) is 0.992. The van der Waals surface area contributed by atoms with Crippen LogP contribution >= 0.6 is 22.9 Å². The number of carbonyl (C=O) groups excluding carboxylic acids is 1. The van der Waals surface area contributed by atoms with Gasteiger partial charge in [0.05, 0.1) is 6.54 Å².